The fourth-order valence-corrected chi connectivity index (χ4v) is 2.62. The minimum atomic E-state index is -0.453. The van der Waals surface area contributed by atoms with Gasteiger partial charge in [0.2, 0.25) is 0 Å². The van der Waals surface area contributed by atoms with E-state index in [0.717, 1.165) is 31.7 Å². The summed E-state index contributed by atoms with van der Waals surface area (Å²) >= 11 is 5.72. The third-order valence-corrected chi connectivity index (χ3v) is 3.61. The van der Waals surface area contributed by atoms with Gasteiger partial charge in [-0.1, -0.05) is 24.4 Å². The molecule has 0 aromatic heterocycles. The van der Waals surface area contributed by atoms with Gasteiger partial charge in [-0.05, 0) is 30.9 Å². The zero-order chi connectivity index (χ0) is 11.7. The van der Waals surface area contributed by atoms with Crippen LogP contribution in [0, 0.1) is 11.7 Å². The minimum absolute atomic E-state index is 0.0310. The molecular formula is C12H15ClFNO. The Morgan fingerprint density at radius 2 is 2.00 bits per heavy atom. The number of rotatable bonds is 2. The Bertz CT molecular complexity index is 391. The number of halogens is 2. The summed E-state index contributed by atoms with van der Waals surface area (Å²) in [5.74, 6) is -0.211. The second-order valence-corrected chi connectivity index (χ2v) is 4.80. The number of aromatic hydroxyl groups is 1. The summed E-state index contributed by atoms with van der Waals surface area (Å²) in [4.78, 5) is 0. The summed E-state index contributed by atoms with van der Waals surface area (Å²) in [5, 5.41) is 9.81. The van der Waals surface area contributed by atoms with Crippen LogP contribution in [0.3, 0.4) is 0 Å². The first-order chi connectivity index (χ1) is 7.59. The number of hydrogen-bond donors (Lipinski definition) is 2. The first-order valence-corrected chi connectivity index (χ1v) is 5.91. The van der Waals surface area contributed by atoms with Gasteiger partial charge in [-0.2, -0.15) is 0 Å². The highest BCUT2D eigenvalue weighted by atomic mass is 35.5. The lowest BCUT2D eigenvalue weighted by molar-refractivity contribution is 0.410. The predicted molar refractivity (Wildman–Crippen MR) is 62.0 cm³/mol. The van der Waals surface area contributed by atoms with E-state index in [1.165, 1.54) is 6.07 Å². The molecule has 2 nitrogen and oxygen atoms in total. The Hall–Kier alpha value is -0.800. The minimum Gasteiger partial charge on any atom is -0.506 e. The average Bonchev–Trinajstić information content (AvgIpc) is 2.75. The zero-order valence-corrected chi connectivity index (χ0v) is 9.67. The first-order valence-electron chi connectivity index (χ1n) is 5.53. The molecular weight excluding hydrogens is 229 g/mol. The molecule has 1 saturated carbocycles. The second kappa shape index (κ2) is 4.60. The highest BCUT2D eigenvalue weighted by Gasteiger charge is 2.26. The second-order valence-electron chi connectivity index (χ2n) is 4.40. The van der Waals surface area contributed by atoms with Crippen LogP contribution in [0.2, 0.25) is 5.02 Å². The van der Waals surface area contributed by atoms with Crippen LogP contribution in [-0.2, 0) is 0 Å². The van der Waals surface area contributed by atoms with Gasteiger partial charge in [-0.15, -0.1) is 0 Å². The Balaban J connectivity index is 2.31. The third kappa shape index (κ3) is 2.15. The van der Waals surface area contributed by atoms with Crippen molar-refractivity contribution in [2.75, 3.05) is 0 Å². The van der Waals surface area contributed by atoms with Crippen molar-refractivity contribution < 1.29 is 9.50 Å². The molecule has 0 radical (unpaired) electrons. The topological polar surface area (TPSA) is 46.2 Å². The van der Waals surface area contributed by atoms with Crippen molar-refractivity contribution in [1.82, 2.24) is 0 Å². The smallest absolute Gasteiger partial charge is 0.139 e. The van der Waals surface area contributed by atoms with Crippen LogP contribution in [0.5, 0.6) is 5.75 Å². The van der Waals surface area contributed by atoms with Crippen LogP contribution in [0.25, 0.3) is 0 Å². The van der Waals surface area contributed by atoms with Gasteiger partial charge in [0.05, 0.1) is 5.02 Å². The standard InChI is InChI=1S/C12H15ClFNO/c13-10-6-8(14)5-9(12(10)16)11(15)7-3-1-2-4-7/h5-7,11,16H,1-4,15H2/t11-/m1/s1. The fraction of sp³-hybridized carbons (Fsp3) is 0.500. The Labute approximate surface area is 99.2 Å². The third-order valence-electron chi connectivity index (χ3n) is 3.32. The molecule has 16 heavy (non-hydrogen) atoms. The van der Waals surface area contributed by atoms with E-state index in [9.17, 15) is 9.50 Å². The molecule has 0 aliphatic heterocycles. The van der Waals surface area contributed by atoms with E-state index >= 15 is 0 Å². The number of phenols is 1. The van der Waals surface area contributed by atoms with Gasteiger partial charge in [-0.3, -0.25) is 0 Å². The number of hydrogen-bond acceptors (Lipinski definition) is 2. The molecule has 0 unspecified atom stereocenters. The summed E-state index contributed by atoms with van der Waals surface area (Å²) in [7, 11) is 0. The molecule has 3 N–H and O–H groups in total. The monoisotopic (exact) mass is 243 g/mol. The molecule has 1 atom stereocenters. The van der Waals surface area contributed by atoms with Crippen LogP contribution >= 0.6 is 11.6 Å². The lowest BCUT2D eigenvalue weighted by Gasteiger charge is -2.20. The lowest BCUT2D eigenvalue weighted by atomic mass is 9.92. The molecule has 1 fully saturated rings. The molecule has 1 aliphatic rings. The van der Waals surface area contributed by atoms with E-state index in [1.54, 1.807) is 0 Å². The van der Waals surface area contributed by atoms with Crippen molar-refractivity contribution >= 4 is 11.6 Å². The molecule has 88 valence electrons. The maximum Gasteiger partial charge on any atom is 0.139 e. The van der Waals surface area contributed by atoms with Gasteiger partial charge in [0, 0.05) is 11.6 Å². The Kier molecular flexibility index (Phi) is 3.36. The summed E-state index contributed by atoms with van der Waals surface area (Å²) in [6, 6.07) is 2.06. The predicted octanol–water partition coefficient (Wildman–Crippen LogP) is 3.37. The molecule has 1 aromatic carbocycles. The Morgan fingerprint density at radius 3 is 2.62 bits per heavy atom. The van der Waals surface area contributed by atoms with Crippen molar-refractivity contribution in [3.8, 4) is 5.75 Å². The zero-order valence-electron chi connectivity index (χ0n) is 8.92. The lowest BCUT2D eigenvalue weighted by Crippen LogP contribution is -2.19. The summed E-state index contributed by atoms with van der Waals surface area (Å²) < 4.78 is 13.2. The van der Waals surface area contributed by atoms with Crippen molar-refractivity contribution in [3.05, 3.63) is 28.5 Å². The maximum absolute atomic E-state index is 13.2. The molecule has 2 rings (SSSR count). The molecule has 0 spiro atoms. The molecule has 0 bridgehead atoms. The van der Waals surface area contributed by atoms with Gasteiger partial charge in [0.25, 0.3) is 0 Å². The van der Waals surface area contributed by atoms with Crippen molar-refractivity contribution in [2.45, 2.75) is 31.7 Å². The van der Waals surface area contributed by atoms with Gasteiger partial charge >= 0.3 is 0 Å². The van der Waals surface area contributed by atoms with E-state index in [1.807, 2.05) is 0 Å². The fourth-order valence-electron chi connectivity index (χ4n) is 2.41. The van der Waals surface area contributed by atoms with E-state index in [2.05, 4.69) is 0 Å². The van der Waals surface area contributed by atoms with E-state index in [0.29, 0.717) is 11.5 Å². The van der Waals surface area contributed by atoms with Gasteiger partial charge in [0.1, 0.15) is 11.6 Å². The van der Waals surface area contributed by atoms with E-state index in [-0.39, 0.29) is 16.8 Å². The van der Waals surface area contributed by atoms with Crippen molar-refractivity contribution in [2.24, 2.45) is 11.7 Å². The van der Waals surface area contributed by atoms with Gasteiger partial charge in [0.15, 0.2) is 0 Å². The normalized spacial score (nSPS) is 18.9. The number of nitrogens with two attached hydrogens (primary N) is 1. The summed E-state index contributed by atoms with van der Waals surface area (Å²) in [6.45, 7) is 0. The molecule has 1 aliphatic carbocycles. The number of phenolic OH excluding ortho intramolecular Hbond substituents is 1. The molecule has 1 aromatic rings. The first kappa shape index (κ1) is 11.7. The highest BCUT2D eigenvalue weighted by Crippen LogP contribution is 2.39. The molecule has 0 amide bonds. The quantitative estimate of drug-likeness (QED) is 0.837. The molecule has 0 saturated heterocycles. The van der Waals surface area contributed by atoms with Crippen LogP contribution in [0.4, 0.5) is 4.39 Å². The van der Waals surface area contributed by atoms with Crippen LogP contribution < -0.4 is 5.73 Å². The summed E-state index contributed by atoms with van der Waals surface area (Å²) in [6.07, 6.45) is 4.38. The molecule has 0 heterocycles. The largest absolute Gasteiger partial charge is 0.506 e. The van der Waals surface area contributed by atoms with Crippen LogP contribution in [-0.4, -0.2) is 5.11 Å². The van der Waals surface area contributed by atoms with E-state index in [4.69, 9.17) is 17.3 Å². The summed E-state index contributed by atoms with van der Waals surface area (Å²) in [5.41, 5.74) is 6.48. The maximum atomic E-state index is 13.2. The average molecular weight is 244 g/mol. The van der Waals surface area contributed by atoms with Gasteiger partial charge < -0.3 is 10.8 Å². The van der Waals surface area contributed by atoms with Crippen LogP contribution in [0.15, 0.2) is 12.1 Å². The van der Waals surface area contributed by atoms with Crippen LogP contribution in [0.1, 0.15) is 37.3 Å². The molecule has 4 heteroatoms. The Morgan fingerprint density at radius 1 is 1.38 bits per heavy atom. The van der Waals surface area contributed by atoms with Crippen molar-refractivity contribution in [3.63, 3.8) is 0 Å². The van der Waals surface area contributed by atoms with Crippen molar-refractivity contribution in [1.29, 1.82) is 0 Å². The SMILES string of the molecule is N[C@@H](c1cc(F)cc(Cl)c1O)C1CCCC1. The highest BCUT2D eigenvalue weighted by molar-refractivity contribution is 6.32. The van der Waals surface area contributed by atoms with Gasteiger partial charge in [-0.25, -0.2) is 4.39 Å². The number of benzene rings is 1. The van der Waals surface area contributed by atoms with E-state index < -0.39 is 5.82 Å².